The molecule has 1 aliphatic rings. The van der Waals surface area contributed by atoms with E-state index in [1.165, 1.54) is 0 Å². The first-order chi connectivity index (χ1) is 13.0. The highest BCUT2D eigenvalue weighted by molar-refractivity contribution is 6.30. The molecular formula is C20H19ClN2O4. The first kappa shape index (κ1) is 18.9. The number of benzene rings is 2. The van der Waals surface area contributed by atoms with E-state index in [0.29, 0.717) is 30.2 Å². The van der Waals surface area contributed by atoms with E-state index in [1.54, 1.807) is 53.4 Å². The Labute approximate surface area is 162 Å². The van der Waals surface area contributed by atoms with Crippen LogP contribution < -0.4 is 10.2 Å². The summed E-state index contributed by atoms with van der Waals surface area (Å²) in [4.78, 5) is 37.9. The third-order valence-electron chi connectivity index (χ3n) is 4.23. The van der Waals surface area contributed by atoms with Crippen LogP contribution in [0.15, 0.2) is 48.5 Å². The van der Waals surface area contributed by atoms with Gasteiger partial charge in [-0.25, -0.2) is 4.79 Å². The van der Waals surface area contributed by atoms with Crippen LogP contribution in [0.4, 0.5) is 5.69 Å². The fraction of sp³-hybridized carbons (Fsp3) is 0.250. The summed E-state index contributed by atoms with van der Waals surface area (Å²) < 4.78 is 5.12. The molecule has 1 aliphatic heterocycles. The number of hydrogen-bond acceptors (Lipinski definition) is 4. The van der Waals surface area contributed by atoms with Gasteiger partial charge < -0.3 is 15.0 Å². The summed E-state index contributed by atoms with van der Waals surface area (Å²) in [6.45, 7) is 0.492. The minimum Gasteiger partial charge on any atom is -0.452 e. The topological polar surface area (TPSA) is 75.7 Å². The first-order valence-electron chi connectivity index (χ1n) is 8.62. The van der Waals surface area contributed by atoms with Gasteiger partial charge in [0.15, 0.2) is 6.61 Å². The Kier molecular flexibility index (Phi) is 6.08. The van der Waals surface area contributed by atoms with Crippen molar-refractivity contribution in [3.8, 4) is 0 Å². The Morgan fingerprint density at radius 2 is 1.85 bits per heavy atom. The Morgan fingerprint density at radius 1 is 1.11 bits per heavy atom. The summed E-state index contributed by atoms with van der Waals surface area (Å²) >= 11 is 5.82. The summed E-state index contributed by atoms with van der Waals surface area (Å²) in [5.74, 6) is -1.06. The molecule has 0 aromatic heterocycles. The molecule has 1 saturated heterocycles. The summed E-state index contributed by atoms with van der Waals surface area (Å²) in [5.41, 5.74) is 1.68. The molecule has 140 valence electrons. The zero-order valence-electron chi connectivity index (χ0n) is 14.6. The molecular weight excluding hydrogens is 368 g/mol. The summed E-state index contributed by atoms with van der Waals surface area (Å²) in [6, 6.07) is 13.8. The molecule has 6 nitrogen and oxygen atoms in total. The monoisotopic (exact) mass is 386 g/mol. The number of hydrogen-bond donors (Lipinski definition) is 1. The smallest absolute Gasteiger partial charge is 0.340 e. The van der Waals surface area contributed by atoms with Gasteiger partial charge in [0.05, 0.1) is 11.3 Å². The van der Waals surface area contributed by atoms with Crippen LogP contribution in [0, 0.1) is 0 Å². The summed E-state index contributed by atoms with van der Waals surface area (Å²) in [6.07, 6.45) is 1.23. The van der Waals surface area contributed by atoms with E-state index in [2.05, 4.69) is 5.32 Å². The van der Waals surface area contributed by atoms with Gasteiger partial charge in [-0.2, -0.15) is 0 Å². The average Bonchev–Trinajstić information content (AvgIpc) is 3.11. The third-order valence-corrected chi connectivity index (χ3v) is 4.48. The van der Waals surface area contributed by atoms with E-state index in [4.69, 9.17) is 16.3 Å². The molecule has 3 rings (SSSR count). The van der Waals surface area contributed by atoms with E-state index in [0.717, 1.165) is 12.0 Å². The van der Waals surface area contributed by atoms with Crippen LogP contribution in [0.3, 0.4) is 0 Å². The molecule has 0 spiro atoms. The van der Waals surface area contributed by atoms with Crippen LogP contribution in [-0.4, -0.2) is 30.9 Å². The number of carbonyl (C=O) groups excluding carboxylic acids is 3. The van der Waals surface area contributed by atoms with Crippen molar-refractivity contribution in [2.24, 2.45) is 0 Å². The van der Waals surface area contributed by atoms with Gasteiger partial charge in [-0.15, -0.1) is 0 Å². The van der Waals surface area contributed by atoms with E-state index in [-0.39, 0.29) is 11.5 Å². The molecule has 2 amide bonds. The molecule has 0 unspecified atom stereocenters. The van der Waals surface area contributed by atoms with Gasteiger partial charge in [0.25, 0.3) is 5.91 Å². The molecule has 7 heteroatoms. The predicted molar refractivity (Wildman–Crippen MR) is 102 cm³/mol. The van der Waals surface area contributed by atoms with E-state index < -0.39 is 18.5 Å². The summed E-state index contributed by atoms with van der Waals surface area (Å²) in [7, 11) is 0. The second-order valence-electron chi connectivity index (χ2n) is 6.15. The van der Waals surface area contributed by atoms with Crippen LogP contribution in [0.2, 0.25) is 5.02 Å². The fourth-order valence-electron chi connectivity index (χ4n) is 2.85. The second-order valence-corrected chi connectivity index (χ2v) is 6.58. The highest BCUT2D eigenvalue weighted by Crippen LogP contribution is 2.25. The van der Waals surface area contributed by atoms with Crippen molar-refractivity contribution < 1.29 is 19.1 Å². The highest BCUT2D eigenvalue weighted by Gasteiger charge is 2.26. The molecule has 1 fully saturated rings. The number of carbonyl (C=O) groups is 3. The van der Waals surface area contributed by atoms with Crippen LogP contribution in [0.1, 0.15) is 28.8 Å². The van der Waals surface area contributed by atoms with Gasteiger partial charge in [-0.05, 0) is 36.2 Å². The maximum atomic E-state index is 12.4. The van der Waals surface area contributed by atoms with Gasteiger partial charge in [0.1, 0.15) is 0 Å². The number of ether oxygens (including phenoxy) is 1. The Hall–Kier alpha value is -2.86. The zero-order valence-corrected chi connectivity index (χ0v) is 15.4. The standard InChI is InChI=1S/C20H19ClN2O4/c21-15-9-7-14(8-10-15)12-22-18(24)13-27-20(26)16-4-1-2-5-17(16)23-11-3-6-19(23)25/h1-2,4-5,7-10H,3,6,11-13H2,(H,22,24). The van der Waals surface area contributed by atoms with Crippen molar-refractivity contribution in [3.05, 3.63) is 64.7 Å². The van der Waals surface area contributed by atoms with Crippen LogP contribution in [0.5, 0.6) is 0 Å². The quantitative estimate of drug-likeness (QED) is 0.774. The first-order valence-corrected chi connectivity index (χ1v) is 9.00. The van der Waals surface area contributed by atoms with Crippen molar-refractivity contribution >= 4 is 35.1 Å². The molecule has 1 N–H and O–H groups in total. The van der Waals surface area contributed by atoms with Crippen molar-refractivity contribution in [2.75, 3.05) is 18.1 Å². The number of nitrogens with one attached hydrogen (secondary N) is 1. The van der Waals surface area contributed by atoms with Crippen molar-refractivity contribution in [3.63, 3.8) is 0 Å². The van der Waals surface area contributed by atoms with Crippen molar-refractivity contribution in [1.29, 1.82) is 0 Å². The lowest BCUT2D eigenvalue weighted by atomic mass is 10.1. The number of nitrogens with zero attached hydrogens (tertiary/aromatic N) is 1. The molecule has 2 aromatic carbocycles. The van der Waals surface area contributed by atoms with Crippen LogP contribution in [0.25, 0.3) is 0 Å². The number of halogens is 1. The molecule has 0 bridgehead atoms. The van der Waals surface area contributed by atoms with E-state index >= 15 is 0 Å². The minimum absolute atomic E-state index is 0.0176. The molecule has 0 radical (unpaired) electrons. The molecule has 2 aromatic rings. The van der Waals surface area contributed by atoms with Crippen molar-refractivity contribution in [1.82, 2.24) is 5.32 Å². The number of amides is 2. The molecule has 27 heavy (non-hydrogen) atoms. The van der Waals surface area contributed by atoms with E-state index in [9.17, 15) is 14.4 Å². The van der Waals surface area contributed by atoms with Crippen LogP contribution in [-0.2, 0) is 20.9 Å². The third kappa shape index (κ3) is 4.86. The normalized spacial score (nSPS) is 13.5. The van der Waals surface area contributed by atoms with Gasteiger partial charge in [0, 0.05) is 24.5 Å². The molecule has 0 saturated carbocycles. The zero-order chi connectivity index (χ0) is 19.2. The van der Waals surface area contributed by atoms with Crippen molar-refractivity contribution in [2.45, 2.75) is 19.4 Å². The maximum Gasteiger partial charge on any atom is 0.340 e. The minimum atomic E-state index is -0.632. The largest absolute Gasteiger partial charge is 0.452 e. The van der Waals surface area contributed by atoms with Gasteiger partial charge in [-0.3, -0.25) is 9.59 Å². The van der Waals surface area contributed by atoms with Gasteiger partial charge >= 0.3 is 5.97 Å². The lowest BCUT2D eigenvalue weighted by Crippen LogP contribution is -2.29. The maximum absolute atomic E-state index is 12.4. The lowest BCUT2D eigenvalue weighted by molar-refractivity contribution is -0.124. The average molecular weight is 387 g/mol. The van der Waals surface area contributed by atoms with Gasteiger partial charge in [0.2, 0.25) is 5.91 Å². The van der Waals surface area contributed by atoms with Crippen LogP contribution >= 0.6 is 11.6 Å². The lowest BCUT2D eigenvalue weighted by Gasteiger charge is -2.18. The second kappa shape index (κ2) is 8.68. The van der Waals surface area contributed by atoms with E-state index in [1.807, 2.05) is 0 Å². The molecule has 0 atom stereocenters. The SMILES string of the molecule is O=C(COC(=O)c1ccccc1N1CCCC1=O)NCc1ccc(Cl)cc1. The number of anilines is 1. The molecule has 1 heterocycles. The summed E-state index contributed by atoms with van der Waals surface area (Å²) in [5, 5.41) is 3.30. The van der Waals surface area contributed by atoms with Gasteiger partial charge in [-0.1, -0.05) is 35.9 Å². The molecule has 0 aliphatic carbocycles. The number of para-hydroxylation sites is 1. The number of rotatable bonds is 6. The Morgan fingerprint density at radius 3 is 2.56 bits per heavy atom. The fourth-order valence-corrected chi connectivity index (χ4v) is 2.97. The Balaban J connectivity index is 1.55. The predicted octanol–water partition coefficient (Wildman–Crippen LogP) is 2.94. The Bertz CT molecular complexity index is 851. The number of esters is 1. The highest BCUT2D eigenvalue weighted by atomic mass is 35.5.